The molecule has 0 aromatic carbocycles. The van der Waals surface area contributed by atoms with Crippen LogP contribution in [0.5, 0.6) is 0 Å². The molecule has 1 aliphatic heterocycles. The van der Waals surface area contributed by atoms with E-state index in [0.717, 1.165) is 19.4 Å². The minimum atomic E-state index is 0. The second-order valence-corrected chi connectivity index (χ2v) is 5.46. The first-order chi connectivity index (χ1) is 9.34. The summed E-state index contributed by atoms with van der Waals surface area (Å²) in [5, 5.41) is 3.30. The Balaban J connectivity index is 0.00000200. The third-order valence-electron chi connectivity index (χ3n) is 3.80. The van der Waals surface area contributed by atoms with Gasteiger partial charge in [0.05, 0.1) is 25.9 Å². The van der Waals surface area contributed by atoms with E-state index in [9.17, 15) is 0 Å². The van der Waals surface area contributed by atoms with Crippen LogP contribution in [0.15, 0.2) is 4.99 Å². The third-order valence-corrected chi connectivity index (χ3v) is 3.80. The van der Waals surface area contributed by atoms with Crippen molar-refractivity contribution in [1.29, 1.82) is 0 Å². The van der Waals surface area contributed by atoms with E-state index in [1.165, 1.54) is 32.1 Å². The first kappa shape index (κ1) is 18.0. The number of halogens is 1. The standard InChI is InChI=1S/C14H27N3O2.HI/c15-14(17-12-5-2-1-3-6-12)16-8-10-18-11-13-7-4-9-19-13;/h12-13H,1-11H2,(H3,15,16,17);1H. The molecule has 3 N–H and O–H groups in total. The molecule has 118 valence electrons. The highest BCUT2D eigenvalue weighted by molar-refractivity contribution is 14.0. The highest BCUT2D eigenvalue weighted by Gasteiger charge is 2.15. The molecule has 1 aliphatic carbocycles. The fourth-order valence-corrected chi connectivity index (χ4v) is 2.72. The van der Waals surface area contributed by atoms with Gasteiger partial charge in [0.1, 0.15) is 0 Å². The first-order valence-corrected chi connectivity index (χ1v) is 7.60. The number of guanidine groups is 1. The smallest absolute Gasteiger partial charge is 0.188 e. The van der Waals surface area contributed by atoms with E-state index in [-0.39, 0.29) is 24.0 Å². The van der Waals surface area contributed by atoms with E-state index in [0.29, 0.717) is 37.9 Å². The van der Waals surface area contributed by atoms with Crippen molar-refractivity contribution in [3.05, 3.63) is 0 Å². The quantitative estimate of drug-likeness (QED) is 0.312. The molecule has 1 unspecified atom stereocenters. The Hall–Kier alpha value is -0.0800. The Bertz CT molecular complexity index is 278. The van der Waals surface area contributed by atoms with E-state index in [1.807, 2.05) is 0 Å². The van der Waals surface area contributed by atoms with Gasteiger partial charge in [0, 0.05) is 12.6 Å². The number of nitrogens with one attached hydrogen (secondary N) is 1. The summed E-state index contributed by atoms with van der Waals surface area (Å²) in [7, 11) is 0. The second-order valence-electron chi connectivity index (χ2n) is 5.46. The predicted octanol–water partition coefficient (Wildman–Crippen LogP) is 2.04. The van der Waals surface area contributed by atoms with Crippen molar-refractivity contribution in [2.45, 2.75) is 57.1 Å². The minimum Gasteiger partial charge on any atom is -0.377 e. The van der Waals surface area contributed by atoms with Crippen LogP contribution in [-0.2, 0) is 9.47 Å². The number of nitrogens with zero attached hydrogens (tertiary/aromatic N) is 1. The molecule has 1 saturated heterocycles. The van der Waals surface area contributed by atoms with Gasteiger partial charge < -0.3 is 20.5 Å². The molecule has 1 atom stereocenters. The van der Waals surface area contributed by atoms with E-state index in [4.69, 9.17) is 15.2 Å². The largest absolute Gasteiger partial charge is 0.377 e. The highest BCUT2D eigenvalue weighted by atomic mass is 127. The molecule has 2 rings (SSSR count). The van der Waals surface area contributed by atoms with Crippen LogP contribution in [0.25, 0.3) is 0 Å². The van der Waals surface area contributed by atoms with Gasteiger partial charge in [-0.1, -0.05) is 19.3 Å². The lowest BCUT2D eigenvalue weighted by Gasteiger charge is -2.23. The lowest BCUT2D eigenvalue weighted by atomic mass is 9.96. The average molecular weight is 397 g/mol. The minimum absolute atomic E-state index is 0. The van der Waals surface area contributed by atoms with Gasteiger partial charge in [-0.15, -0.1) is 24.0 Å². The zero-order valence-electron chi connectivity index (χ0n) is 12.2. The summed E-state index contributed by atoms with van der Waals surface area (Å²) in [4.78, 5) is 4.30. The van der Waals surface area contributed by atoms with Crippen LogP contribution in [-0.4, -0.2) is 44.5 Å². The lowest BCUT2D eigenvalue weighted by Crippen LogP contribution is -2.41. The van der Waals surface area contributed by atoms with Crippen LogP contribution in [0.3, 0.4) is 0 Å². The van der Waals surface area contributed by atoms with E-state index >= 15 is 0 Å². The zero-order chi connectivity index (χ0) is 13.3. The van der Waals surface area contributed by atoms with Crippen LogP contribution in [0.4, 0.5) is 0 Å². The normalized spacial score (nSPS) is 24.4. The van der Waals surface area contributed by atoms with Gasteiger partial charge in [-0.05, 0) is 25.7 Å². The van der Waals surface area contributed by atoms with Crippen molar-refractivity contribution in [1.82, 2.24) is 5.32 Å². The van der Waals surface area contributed by atoms with Crippen molar-refractivity contribution in [3.8, 4) is 0 Å². The van der Waals surface area contributed by atoms with Gasteiger partial charge in [0.25, 0.3) is 0 Å². The van der Waals surface area contributed by atoms with Gasteiger partial charge in [-0.25, -0.2) is 0 Å². The average Bonchev–Trinajstić information content (AvgIpc) is 2.92. The maximum Gasteiger partial charge on any atom is 0.188 e. The second kappa shape index (κ2) is 10.6. The number of hydrogen-bond acceptors (Lipinski definition) is 3. The Morgan fingerprint density at radius 1 is 1.20 bits per heavy atom. The van der Waals surface area contributed by atoms with Gasteiger partial charge in [0.15, 0.2) is 5.96 Å². The fraction of sp³-hybridized carbons (Fsp3) is 0.929. The Morgan fingerprint density at radius 3 is 2.70 bits per heavy atom. The summed E-state index contributed by atoms with van der Waals surface area (Å²) < 4.78 is 11.0. The molecule has 20 heavy (non-hydrogen) atoms. The summed E-state index contributed by atoms with van der Waals surface area (Å²) >= 11 is 0. The van der Waals surface area contributed by atoms with Gasteiger partial charge in [-0.3, -0.25) is 4.99 Å². The summed E-state index contributed by atoms with van der Waals surface area (Å²) in [6, 6.07) is 0.519. The Kier molecular flexibility index (Phi) is 9.54. The van der Waals surface area contributed by atoms with Crippen LogP contribution in [0.1, 0.15) is 44.9 Å². The van der Waals surface area contributed by atoms with E-state index < -0.39 is 0 Å². The number of aliphatic imine (C=N–C) groups is 1. The first-order valence-electron chi connectivity index (χ1n) is 7.60. The summed E-state index contributed by atoms with van der Waals surface area (Å²) in [5.74, 6) is 0.563. The molecule has 0 amide bonds. The summed E-state index contributed by atoms with van der Waals surface area (Å²) in [6.07, 6.45) is 8.95. The molecular formula is C14H28IN3O2. The monoisotopic (exact) mass is 397 g/mol. The third kappa shape index (κ3) is 7.08. The molecule has 0 aromatic heterocycles. The lowest BCUT2D eigenvalue weighted by molar-refractivity contribution is 0.0200. The summed E-state index contributed by atoms with van der Waals surface area (Å²) in [6.45, 7) is 2.81. The van der Waals surface area contributed by atoms with Crippen LogP contribution in [0.2, 0.25) is 0 Å². The number of rotatable bonds is 6. The molecule has 0 spiro atoms. The molecule has 1 heterocycles. The topological polar surface area (TPSA) is 68.9 Å². The molecule has 2 aliphatic rings. The van der Waals surface area contributed by atoms with Crippen LogP contribution in [0, 0.1) is 0 Å². The molecule has 5 nitrogen and oxygen atoms in total. The number of hydrogen-bond donors (Lipinski definition) is 2. The number of nitrogens with two attached hydrogens (primary N) is 1. The maximum absolute atomic E-state index is 5.87. The summed E-state index contributed by atoms with van der Waals surface area (Å²) in [5.41, 5.74) is 5.87. The molecule has 6 heteroatoms. The van der Waals surface area contributed by atoms with Crippen molar-refractivity contribution >= 4 is 29.9 Å². The van der Waals surface area contributed by atoms with Crippen LogP contribution >= 0.6 is 24.0 Å². The van der Waals surface area contributed by atoms with E-state index in [1.54, 1.807) is 0 Å². The van der Waals surface area contributed by atoms with Gasteiger partial charge >= 0.3 is 0 Å². The maximum atomic E-state index is 5.87. The van der Waals surface area contributed by atoms with Crippen molar-refractivity contribution in [3.63, 3.8) is 0 Å². The molecule has 2 fully saturated rings. The zero-order valence-corrected chi connectivity index (χ0v) is 14.5. The van der Waals surface area contributed by atoms with Gasteiger partial charge in [0.2, 0.25) is 0 Å². The Morgan fingerprint density at radius 2 is 2.00 bits per heavy atom. The highest BCUT2D eigenvalue weighted by Crippen LogP contribution is 2.17. The van der Waals surface area contributed by atoms with Crippen LogP contribution < -0.4 is 11.1 Å². The molecule has 0 bridgehead atoms. The van der Waals surface area contributed by atoms with E-state index in [2.05, 4.69) is 10.3 Å². The Labute approximate surface area is 139 Å². The molecular weight excluding hydrogens is 369 g/mol. The molecule has 1 saturated carbocycles. The number of ether oxygens (including phenoxy) is 2. The van der Waals surface area contributed by atoms with Crippen molar-refractivity contribution in [2.75, 3.05) is 26.4 Å². The van der Waals surface area contributed by atoms with Crippen molar-refractivity contribution in [2.24, 2.45) is 10.7 Å². The molecule has 0 radical (unpaired) electrons. The molecule has 0 aromatic rings. The van der Waals surface area contributed by atoms with Gasteiger partial charge in [-0.2, -0.15) is 0 Å². The van der Waals surface area contributed by atoms with Crippen molar-refractivity contribution < 1.29 is 9.47 Å². The SMILES string of the molecule is I.NC(=NCCOCC1CCCO1)NC1CCCCC1. The fourth-order valence-electron chi connectivity index (χ4n) is 2.72. The predicted molar refractivity (Wildman–Crippen MR) is 91.7 cm³/mol.